The van der Waals surface area contributed by atoms with Gasteiger partial charge in [0.2, 0.25) is 0 Å². The molecule has 5 rings (SSSR count). The minimum atomic E-state index is -0.179. The van der Waals surface area contributed by atoms with Gasteiger partial charge in [-0.05, 0) is 24.3 Å². The highest BCUT2D eigenvalue weighted by Crippen LogP contribution is 2.36. The van der Waals surface area contributed by atoms with Crippen LogP contribution in [0.1, 0.15) is 0 Å². The van der Waals surface area contributed by atoms with Crippen LogP contribution in [0.4, 0.5) is 0 Å². The zero-order valence-corrected chi connectivity index (χ0v) is 19.1. The number of benzene rings is 2. The number of aromatic nitrogens is 4. The summed E-state index contributed by atoms with van der Waals surface area (Å²) in [4.78, 5) is 14.9. The number of nitrogens with zero attached hydrogens (tertiary/aromatic N) is 5. The number of aryl methyl sites for hydroxylation is 1. The number of para-hydroxylation sites is 2. The first kappa shape index (κ1) is 22.1. The second-order valence-corrected chi connectivity index (χ2v) is 8.23. The molecule has 3 heterocycles. The molecule has 0 bridgehead atoms. The third kappa shape index (κ3) is 4.93. The van der Waals surface area contributed by atoms with Gasteiger partial charge in [0, 0.05) is 55.6 Å². The lowest BCUT2D eigenvalue weighted by atomic mass is 10.0. The van der Waals surface area contributed by atoms with Gasteiger partial charge >= 0.3 is 0 Å². The summed E-state index contributed by atoms with van der Waals surface area (Å²) in [7, 11) is 1.65. The van der Waals surface area contributed by atoms with Crippen molar-refractivity contribution in [2.24, 2.45) is 7.05 Å². The fourth-order valence-electron chi connectivity index (χ4n) is 4.02. The zero-order chi connectivity index (χ0) is 23.3. The minimum Gasteiger partial charge on any atom is -0.457 e. The number of hydrogen-bond donors (Lipinski definition) is 0. The van der Waals surface area contributed by atoms with Crippen molar-refractivity contribution in [3.63, 3.8) is 0 Å². The first-order chi connectivity index (χ1) is 16.7. The zero-order valence-electron chi connectivity index (χ0n) is 19.1. The molecule has 0 atom stereocenters. The fourth-order valence-corrected chi connectivity index (χ4v) is 4.02. The average Bonchev–Trinajstić information content (AvgIpc) is 3.35. The van der Waals surface area contributed by atoms with E-state index in [4.69, 9.17) is 9.47 Å². The Kier molecular flexibility index (Phi) is 6.51. The smallest absolute Gasteiger partial charge is 0.267 e. The average molecular weight is 458 g/mol. The van der Waals surface area contributed by atoms with E-state index < -0.39 is 0 Å². The molecule has 34 heavy (non-hydrogen) atoms. The summed E-state index contributed by atoms with van der Waals surface area (Å²) >= 11 is 0. The van der Waals surface area contributed by atoms with E-state index in [-0.39, 0.29) is 5.56 Å². The molecule has 0 amide bonds. The predicted octanol–water partition coefficient (Wildman–Crippen LogP) is 3.44. The van der Waals surface area contributed by atoms with Crippen LogP contribution in [0, 0.1) is 0 Å². The Morgan fingerprint density at radius 1 is 0.971 bits per heavy atom. The van der Waals surface area contributed by atoms with Gasteiger partial charge in [-0.3, -0.25) is 14.4 Å². The van der Waals surface area contributed by atoms with E-state index in [1.54, 1.807) is 19.3 Å². The maximum absolute atomic E-state index is 12.5. The molecule has 0 N–H and O–H groups in total. The molecule has 0 spiro atoms. The number of morpholine rings is 1. The van der Waals surface area contributed by atoms with Gasteiger partial charge < -0.3 is 9.47 Å². The highest BCUT2D eigenvalue weighted by molar-refractivity contribution is 5.82. The third-order valence-electron chi connectivity index (χ3n) is 5.90. The van der Waals surface area contributed by atoms with Crippen LogP contribution in [0.25, 0.3) is 22.4 Å². The molecule has 0 radical (unpaired) electrons. The van der Waals surface area contributed by atoms with E-state index in [0.29, 0.717) is 11.4 Å². The van der Waals surface area contributed by atoms with Gasteiger partial charge in [0.05, 0.1) is 26.0 Å². The highest BCUT2D eigenvalue weighted by atomic mass is 16.5. The molecule has 1 aliphatic rings. The lowest BCUT2D eigenvalue weighted by Gasteiger charge is -2.26. The SMILES string of the molecule is Cn1nc(-c2ccccc2Oc2ccccc2)c(-c2cnn(CCN3CCOCC3)c2)cc1=O. The van der Waals surface area contributed by atoms with Crippen molar-refractivity contribution in [2.75, 3.05) is 32.8 Å². The Hall–Kier alpha value is -3.75. The molecule has 1 aliphatic heterocycles. The van der Waals surface area contributed by atoms with Crippen LogP contribution in [0.3, 0.4) is 0 Å². The van der Waals surface area contributed by atoms with Crippen molar-refractivity contribution in [2.45, 2.75) is 6.54 Å². The van der Waals surface area contributed by atoms with Crippen molar-refractivity contribution in [1.29, 1.82) is 0 Å². The number of ether oxygens (including phenoxy) is 2. The standard InChI is InChI=1S/C26H27N5O3/c1-29-25(32)17-23(20-18-27-31(19-20)12-11-30-13-15-33-16-14-30)26(28-29)22-9-5-6-10-24(22)34-21-7-3-2-4-8-21/h2-10,17-19H,11-16H2,1H3. The predicted molar refractivity (Wildman–Crippen MR) is 130 cm³/mol. The van der Waals surface area contributed by atoms with Gasteiger partial charge in [-0.2, -0.15) is 10.2 Å². The van der Waals surface area contributed by atoms with Crippen molar-refractivity contribution < 1.29 is 9.47 Å². The monoisotopic (exact) mass is 457 g/mol. The summed E-state index contributed by atoms with van der Waals surface area (Å²) in [6.45, 7) is 5.10. The molecule has 8 heteroatoms. The van der Waals surface area contributed by atoms with E-state index in [1.165, 1.54) is 4.68 Å². The lowest BCUT2D eigenvalue weighted by Crippen LogP contribution is -2.38. The van der Waals surface area contributed by atoms with Crippen LogP contribution in [0.15, 0.2) is 77.9 Å². The van der Waals surface area contributed by atoms with E-state index >= 15 is 0 Å². The molecule has 4 aromatic rings. The molecule has 0 unspecified atom stereocenters. The van der Waals surface area contributed by atoms with Crippen LogP contribution in [-0.4, -0.2) is 57.3 Å². The topological polar surface area (TPSA) is 74.4 Å². The van der Waals surface area contributed by atoms with Crippen LogP contribution in [0.2, 0.25) is 0 Å². The van der Waals surface area contributed by atoms with E-state index in [9.17, 15) is 4.79 Å². The van der Waals surface area contributed by atoms with Gasteiger partial charge in [0.25, 0.3) is 5.56 Å². The highest BCUT2D eigenvalue weighted by Gasteiger charge is 2.18. The van der Waals surface area contributed by atoms with Gasteiger partial charge in [-0.1, -0.05) is 30.3 Å². The Bertz CT molecular complexity index is 1310. The van der Waals surface area contributed by atoms with Gasteiger partial charge in [0.1, 0.15) is 17.2 Å². The van der Waals surface area contributed by atoms with Crippen LogP contribution in [-0.2, 0) is 18.3 Å². The van der Waals surface area contributed by atoms with Crippen LogP contribution in [0.5, 0.6) is 11.5 Å². The fraction of sp³-hybridized carbons (Fsp3) is 0.269. The molecule has 2 aromatic carbocycles. The van der Waals surface area contributed by atoms with Crippen molar-refractivity contribution in [1.82, 2.24) is 24.5 Å². The second kappa shape index (κ2) is 10.0. The lowest BCUT2D eigenvalue weighted by molar-refractivity contribution is 0.0360. The summed E-state index contributed by atoms with van der Waals surface area (Å²) in [5, 5.41) is 9.16. The summed E-state index contributed by atoms with van der Waals surface area (Å²) in [6.07, 6.45) is 3.76. The number of hydrogen-bond acceptors (Lipinski definition) is 6. The maximum atomic E-state index is 12.5. The largest absolute Gasteiger partial charge is 0.457 e. The van der Waals surface area contributed by atoms with Crippen molar-refractivity contribution >= 4 is 0 Å². The molecule has 174 valence electrons. The molecule has 1 fully saturated rings. The van der Waals surface area contributed by atoms with Gasteiger partial charge in [-0.15, -0.1) is 0 Å². The minimum absolute atomic E-state index is 0.179. The number of rotatable bonds is 7. The van der Waals surface area contributed by atoms with Crippen LogP contribution < -0.4 is 10.3 Å². The normalized spacial score (nSPS) is 14.3. The maximum Gasteiger partial charge on any atom is 0.267 e. The molecular weight excluding hydrogens is 430 g/mol. The Morgan fingerprint density at radius 2 is 1.74 bits per heavy atom. The van der Waals surface area contributed by atoms with E-state index in [0.717, 1.165) is 61.8 Å². The second-order valence-electron chi connectivity index (χ2n) is 8.23. The Labute approximate surface area is 198 Å². The summed E-state index contributed by atoms with van der Waals surface area (Å²) in [6, 6.07) is 19.0. The molecule has 8 nitrogen and oxygen atoms in total. The van der Waals surface area contributed by atoms with E-state index in [2.05, 4.69) is 15.1 Å². The van der Waals surface area contributed by atoms with Gasteiger partial charge in [0.15, 0.2) is 0 Å². The molecule has 0 aliphatic carbocycles. The van der Waals surface area contributed by atoms with Crippen molar-refractivity contribution in [3.05, 3.63) is 83.4 Å². The van der Waals surface area contributed by atoms with E-state index in [1.807, 2.05) is 65.5 Å². The summed E-state index contributed by atoms with van der Waals surface area (Å²) in [5.41, 5.74) is 2.86. The summed E-state index contributed by atoms with van der Waals surface area (Å²) < 4.78 is 14.9. The molecule has 1 saturated heterocycles. The van der Waals surface area contributed by atoms with Crippen LogP contribution >= 0.6 is 0 Å². The quantitative estimate of drug-likeness (QED) is 0.423. The van der Waals surface area contributed by atoms with Crippen molar-refractivity contribution in [3.8, 4) is 33.9 Å². The Balaban J connectivity index is 1.47. The van der Waals surface area contributed by atoms with Gasteiger partial charge in [-0.25, -0.2) is 4.68 Å². The summed E-state index contributed by atoms with van der Waals surface area (Å²) in [5.74, 6) is 1.40. The first-order valence-electron chi connectivity index (χ1n) is 11.4. The third-order valence-corrected chi connectivity index (χ3v) is 5.90. The molecular formula is C26H27N5O3. The molecule has 2 aromatic heterocycles. The molecule has 0 saturated carbocycles. The Morgan fingerprint density at radius 3 is 2.56 bits per heavy atom. The first-order valence-corrected chi connectivity index (χ1v) is 11.4.